The van der Waals surface area contributed by atoms with Gasteiger partial charge in [-0.3, -0.25) is 4.79 Å². The molecular weight excluding hydrogens is 388 g/mol. The van der Waals surface area contributed by atoms with E-state index in [1.807, 2.05) is 13.0 Å². The molecule has 1 saturated heterocycles. The number of nitrogens with zero attached hydrogens (tertiary/aromatic N) is 4. The highest BCUT2D eigenvalue weighted by Gasteiger charge is 2.35. The van der Waals surface area contributed by atoms with Crippen LogP contribution in [0.25, 0.3) is 22.3 Å². The van der Waals surface area contributed by atoms with Crippen molar-refractivity contribution < 1.29 is 22.4 Å². The molecule has 150 valence electrons. The summed E-state index contributed by atoms with van der Waals surface area (Å²) in [5.41, 5.74) is 1.73. The number of aryl methyl sites for hydroxylation is 1. The first-order valence-corrected chi connectivity index (χ1v) is 8.81. The van der Waals surface area contributed by atoms with Crippen LogP contribution < -0.4 is 0 Å². The van der Waals surface area contributed by atoms with Crippen molar-refractivity contribution in [1.82, 2.24) is 19.7 Å². The first-order valence-electron chi connectivity index (χ1n) is 8.81. The van der Waals surface area contributed by atoms with Crippen LogP contribution in [-0.2, 0) is 11.0 Å². The highest BCUT2D eigenvalue weighted by atomic mass is 19.4. The van der Waals surface area contributed by atoms with Gasteiger partial charge in [-0.15, -0.1) is 0 Å². The molecular formula is C20H16F4N4O. The summed E-state index contributed by atoms with van der Waals surface area (Å²) in [7, 11) is 0. The lowest BCUT2D eigenvalue weighted by molar-refractivity contribution is -0.137. The van der Waals surface area contributed by atoms with E-state index in [4.69, 9.17) is 0 Å². The van der Waals surface area contributed by atoms with Gasteiger partial charge in [0, 0.05) is 30.2 Å². The molecule has 1 aliphatic heterocycles. The average molecular weight is 404 g/mol. The zero-order chi connectivity index (χ0) is 20.9. The highest BCUT2D eigenvalue weighted by Crippen LogP contribution is 2.34. The molecule has 0 saturated carbocycles. The Bertz CT molecular complexity index is 1110. The lowest BCUT2D eigenvalue weighted by Gasteiger charge is -2.38. The fourth-order valence-corrected chi connectivity index (χ4v) is 3.36. The number of fused-ring (bicyclic) bond motifs is 1. The van der Waals surface area contributed by atoms with Crippen LogP contribution in [0.5, 0.6) is 0 Å². The summed E-state index contributed by atoms with van der Waals surface area (Å²) in [5, 5.41) is 5.27. The standard InChI is InChI=1S/C20H16F4N4O/c1-11-7-16-17(13-3-5-14(6-4-13)20(22,23)24)26-28(18(16)25-8-11)15-9-27(10-15)19(29)12(2)21/h3-8,15H,2,9-10H2,1H3. The van der Waals surface area contributed by atoms with E-state index in [0.717, 1.165) is 17.7 Å². The third kappa shape index (κ3) is 3.37. The van der Waals surface area contributed by atoms with Crippen LogP contribution in [-0.4, -0.2) is 38.7 Å². The minimum absolute atomic E-state index is 0.209. The van der Waals surface area contributed by atoms with Crippen molar-refractivity contribution in [2.75, 3.05) is 13.1 Å². The van der Waals surface area contributed by atoms with E-state index in [-0.39, 0.29) is 19.1 Å². The van der Waals surface area contributed by atoms with Crippen molar-refractivity contribution in [3.8, 4) is 11.3 Å². The van der Waals surface area contributed by atoms with Crippen LogP contribution in [0, 0.1) is 6.92 Å². The predicted molar refractivity (Wildman–Crippen MR) is 98.6 cm³/mol. The number of pyridine rings is 1. The van der Waals surface area contributed by atoms with Gasteiger partial charge in [-0.05, 0) is 30.7 Å². The van der Waals surface area contributed by atoms with E-state index in [9.17, 15) is 22.4 Å². The maximum atomic E-state index is 13.0. The van der Waals surface area contributed by atoms with Gasteiger partial charge in [0.15, 0.2) is 11.5 Å². The number of hydrogen-bond donors (Lipinski definition) is 0. The fourth-order valence-electron chi connectivity index (χ4n) is 3.36. The fraction of sp³-hybridized carbons (Fsp3) is 0.250. The Morgan fingerprint density at radius 2 is 1.86 bits per heavy atom. The summed E-state index contributed by atoms with van der Waals surface area (Å²) >= 11 is 0. The molecule has 0 N–H and O–H groups in total. The number of alkyl halides is 3. The van der Waals surface area contributed by atoms with Crippen molar-refractivity contribution in [2.24, 2.45) is 0 Å². The van der Waals surface area contributed by atoms with Gasteiger partial charge in [0.05, 0.1) is 11.6 Å². The van der Waals surface area contributed by atoms with Crippen molar-refractivity contribution in [3.63, 3.8) is 0 Å². The monoisotopic (exact) mass is 404 g/mol. The number of benzene rings is 1. The number of likely N-dealkylation sites (tertiary alicyclic amines) is 1. The van der Waals surface area contributed by atoms with E-state index in [1.165, 1.54) is 17.0 Å². The zero-order valence-electron chi connectivity index (χ0n) is 15.4. The number of hydrogen-bond acceptors (Lipinski definition) is 3. The van der Waals surface area contributed by atoms with Crippen molar-refractivity contribution in [1.29, 1.82) is 0 Å². The van der Waals surface area contributed by atoms with Gasteiger partial charge >= 0.3 is 6.18 Å². The molecule has 0 unspecified atom stereocenters. The number of amides is 1. The van der Waals surface area contributed by atoms with Crippen molar-refractivity contribution in [3.05, 3.63) is 60.1 Å². The summed E-state index contributed by atoms with van der Waals surface area (Å²) in [6.45, 7) is 5.37. The van der Waals surface area contributed by atoms with Crippen LogP contribution in [0.15, 0.2) is 48.9 Å². The quantitative estimate of drug-likeness (QED) is 0.483. The van der Waals surface area contributed by atoms with Crippen molar-refractivity contribution in [2.45, 2.75) is 19.1 Å². The lowest BCUT2D eigenvalue weighted by atomic mass is 10.1. The molecule has 3 aromatic rings. The summed E-state index contributed by atoms with van der Waals surface area (Å²) in [6.07, 6.45) is -2.75. The summed E-state index contributed by atoms with van der Waals surface area (Å²) in [6, 6.07) is 6.44. The Morgan fingerprint density at radius 3 is 2.45 bits per heavy atom. The molecule has 1 amide bonds. The third-order valence-corrected chi connectivity index (χ3v) is 4.90. The Hall–Kier alpha value is -3.23. The van der Waals surface area contributed by atoms with Crippen molar-refractivity contribution >= 4 is 16.9 Å². The molecule has 0 aliphatic carbocycles. The van der Waals surface area contributed by atoms with Gasteiger partial charge < -0.3 is 4.90 Å². The maximum Gasteiger partial charge on any atom is 0.416 e. The molecule has 2 aromatic heterocycles. The molecule has 0 spiro atoms. The molecule has 0 bridgehead atoms. The molecule has 9 heteroatoms. The van der Waals surface area contributed by atoms with E-state index in [2.05, 4.69) is 16.7 Å². The summed E-state index contributed by atoms with van der Waals surface area (Å²) in [4.78, 5) is 17.4. The zero-order valence-corrected chi connectivity index (χ0v) is 15.4. The van der Waals surface area contributed by atoms with Gasteiger partial charge in [0.25, 0.3) is 5.91 Å². The largest absolute Gasteiger partial charge is 0.416 e. The van der Waals surface area contributed by atoms with Crippen LogP contribution in [0.4, 0.5) is 17.6 Å². The molecule has 0 radical (unpaired) electrons. The van der Waals surface area contributed by atoms with E-state index < -0.39 is 23.5 Å². The normalized spacial score (nSPS) is 14.9. The Morgan fingerprint density at radius 1 is 1.21 bits per heavy atom. The third-order valence-electron chi connectivity index (χ3n) is 4.90. The van der Waals surface area contributed by atoms with Crippen LogP contribution in [0.1, 0.15) is 17.2 Å². The molecule has 1 fully saturated rings. The van der Waals surface area contributed by atoms with Crippen LogP contribution >= 0.6 is 0 Å². The topological polar surface area (TPSA) is 51.0 Å². The molecule has 5 nitrogen and oxygen atoms in total. The second-order valence-corrected chi connectivity index (χ2v) is 7.02. The molecule has 1 aliphatic rings. The SMILES string of the molecule is C=C(F)C(=O)N1CC(n2nc(-c3ccc(C(F)(F)F)cc3)c3cc(C)cnc32)C1. The first kappa shape index (κ1) is 19.1. The van der Waals surface area contributed by atoms with Gasteiger partial charge in [-0.1, -0.05) is 18.7 Å². The Labute approximate surface area is 163 Å². The van der Waals surface area contributed by atoms with Gasteiger partial charge in [-0.2, -0.15) is 18.3 Å². The second kappa shape index (κ2) is 6.68. The van der Waals surface area contributed by atoms with Gasteiger partial charge in [0.1, 0.15) is 5.69 Å². The molecule has 4 rings (SSSR count). The predicted octanol–water partition coefficient (Wildman–Crippen LogP) is 4.29. The van der Waals surface area contributed by atoms with Crippen LogP contribution in [0.2, 0.25) is 0 Å². The number of halogens is 4. The summed E-state index contributed by atoms with van der Waals surface area (Å²) < 4.78 is 53.2. The van der Waals surface area contributed by atoms with Gasteiger partial charge in [0.2, 0.25) is 0 Å². The minimum atomic E-state index is -4.42. The van der Waals surface area contributed by atoms with Gasteiger partial charge in [-0.25, -0.2) is 14.1 Å². The average Bonchev–Trinajstić information content (AvgIpc) is 2.98. The number of carbonyl (C=O) groups excluding carboxylic acids is 1. The first-order chi connectivity index (χ1) is 13.6. The number of rotatable bonds is 3. The van der Waals surface area contributed by atoms with Crippen LogP contribution in [0.3, 0.4) is 0 Å². The molecule has 0 atom stereocenters. The maximum absolute atomic E-state index is 13.0. The van der Waals surface area contributed by atoms with E-state index in [0.29, 0.717) is 22.3 Å². The number of aromatic nitrogens is 3. The molecule has 1 aromatic carbocycles. The lowest BCUT2D eigenvalue weighted by Crippen LogP contribution is -2.51. The molecule has 3 heterocycles. The smallest absolute Gasteiger partial charge is 0.332 e. The minimum Gasteiger partial charge on any atom is -0.332 e. The summed E-state index contributed by atoms with van der Waals surface area (Å²) in [5.74, 6) is -1.78. The molecule has 29 heavy (non-hydrogen) atoms. The Kier molecular flexibility index (Phi) is 4.40. The van der Waals surface area contributed by atoms with E-state index >= 15 is 0 Å². The second-order valence-electron chi connectivity index (χ2n) is 7.02. The Balaban J connectivity index is 1.72. The number of carbonyl (C=O) groups is 1. The highest BCUT2D eigenvalue weighted by molar-refractivity contribution is 5.92. The van der Waals surface area contributed by atoms with E-state index in [1.54, 1.807) is 10.9 Å².